The first-order chi connectivity index (χ1) is 10.2. The summed E-state index contributed by atoms with van der Waals surface area (Å²) in [5.41, 5.74) is 1.52. The van der Waals surface area contributed by atoms with Gasteiger partial charge in [-0.2, -0.15) is 0 Å². The van der Waals surface area contributed by atoms with Crippen LogP contribution in [0.4, 0.5) is 4.39 Å². The van der Waals surface area contributed by atoms with E-state index in [0.29, 0.717) is 5.56 Å². The van der Waals surface area contributed by atoms with Crippen molar-refractivity contribution in [1.82, 2.24) is 5.32 Å². The van der Waals surface area contributed by atoms with Gasteiger partial charge < -0.3 is 10.1 Å². The number of para-hydroxylation sites is 1. The Morgan fingerprint density at radius 2 is 1.86 bits per heavy atom. The number of hydrogen-bond donors (Lipinski definition) is 1. The summed E-state index contributed by atoms with van der Waals surface area (Å²) in [7, 11) is 0. The van der Waals surface area contributed by atoms with Gasteiger partial charge in [0, 0.05) is 17.7 Å². The summed E-state index contributed by atoms with van der Waals surface area (Å²) in [4.78, 5) is 0. The maximum atomic E-state index is 13.8. The Morgan fingerprint density at radius 3 is 2.67 bits per heavy atom. The maximum Gasteiger partial charge on any atom is 0.148 e. The normalized spacial score (nSPS) is 10.6. The zero-order valence-corrected chi connectivity index (χ0v) is 12.8. The highest BCUT2D eigenvalue weighted by atomic mass is 35.5. The van der Waals surface area contributed by atoms with Crippen molar-refractivity contribution < 1.29 is 9.13 Å². The van der Waals surface area contributed by atoms with Crippen LogP contribution in [0.15, 0.2) is 42.5 Å². The minimum absolute atomic E-state index is 0.119. The summed E-state index contributed by atoms with van der Waals surface area (Å²) >= 11 is 5.77. The quantitative estimate of drug-likeness (QED) is 0.757. The average Bonchev–Trinajstić information content (AvgIpc) is 2.50. The SMILES string of the molecule is CCCNCc1ccccc1OCc1cccc(Cl)c1F. The summed E-state index contributed by atoms with van der Waals surface area (Å²) in [6.45, 7) is 3.98. The molecule has 2 aromatic carbocycles. The molecule has 0 heterocycles. The molecule has 0 bridgehead atoms. The lowest BCUT2D eigenvalue weighted by Crippen LogP contribution is -2.14. The van der Waals surface area contributed by atoms with Gasteiger partial charge in [-0.25, -0.2) is 4.39 Å². The van der Waals surface area contributed by atoms with Crippen LogP contribution in [0.25, 0.3) is 0 Å². The molecular formula is C17H19ClFNO. The third-order valence-corrected chi connectivity index (χ3v) is 3.42. The van der Waals surface area contributed by atoms with Gasteiger partial charge in [0.15, 0.2) is 0 Å². The predicted octanol–water partition coefficient (Wildman–Crippen LogP) is 4.56. The first-order valence-corrected chi connectivity index (χ1v) is 7.44. The van der Waals surface area contributed by atoms with Gasteiger partial charge in [0.2, 0.25) is 0 Å². The molecule has 1 N–H and O–H groups in total. The molecule has 0 aliphatic heterocycles. The van der Waals surface area contributed by atoms with Crippen molar-refractivity contribution in [2.24, 2.45) is 0 Å². The lowest BCUT2D eigenvalue weighted by molar-refractivity contribution is 0.296. The standard InChI is InChI=1S/C17H19ClFNO/c1-2-10-20-11-13-6-3-4-9-16(13)21-12-14-7-5-8-15(18)17(14)19/h3-9,20H,2,10-12H2,1H3. The fourth-order valence-corrected chi connectivity index (χ4v) is 2.20. The van der Waals surface area contributed by atoms with E-state index < -0.39 is 5.82 Å². The topological polar surface area (TPSA) is 21.3 Å². The number of halogens is 2. The Kier molecular flexibility index (Phi) is 6.03. The predicted molar refractivity (Wildman–Crippen MR) is 84.2 cm³/mol. The molecule has 2 rings (SSSR count). The first kappa shape index (κ1) is 15.8. The van der Waals surface area contributed by atoms with Gasteiger partial charge in [0.05, 0.1) is 5.02 Å². The second-order valence-electron chi connectivity index (χ2n) is 4.79. The fourth-order valence-electron chi connectivity index (χ4n) is 2.01. The van der Waals surface area contributed by atoms with Crippen LogP contribution < -0.4 is 10.1 Å². The largest absolute Gasteiger partial charge is 0.488 e. The summed E-state index contributed by atoms with van der Waals surface area (Å²) in [6, 6.07) is 12.7. The van der Waals surface area contributed by atoms with Gasteiger partial charge in [-0.05, 0) is 25.1 Å². The second-order valence-corrected chi connectivity index (χ2v) is 5.19. The number of ether oxygens (including phenoxy) is 1. The van der Waals surface area contributed by atoms with E-state index >= 15 is 0 Å². The Balaban J connectivity index is 2.04. The smallest absolute Gasteiger partial charge is 0.148 e. The van der Waals surface area contributed by atoms with Gasteiger partial charge in [0.25, 0.3) is 0 Å². The van der Waals surface area contributed by atoms with Gasteiger partial charge >= 0.3 is 0 Å². The van der Waals surface area contributed by atoms with E-state index in [0.717, 1.165) is 30.8 Å². The Labute approximate surface area is 129 Å². The summed E-state index contributed by atoms with van der Waals surface area (Å²) in [5, 5.41) is 3.45. The Bertz CT molecular complexity index is 589. The second kappa shape index (κ2) is 8.01. The van der Waals surface area contributed by atoms with E-state index in [2.05, 4.69) is 12.2 Å². The Hall–Kier alpha value is -1.58. The van der Waals surface area contributed by atoms with Crippen LogP contribution in [0.5, 0.6) is 5.75 Å². The summed E-state index contributed by atoms with van der Waals surface area (Å²) in [6.07, 6.45) is 1.08. The molecule has 0 radical (unpaired) electrons. The van der Waals surface area contributed by atoms with Crippen LogP contribution in [0.2, 0.25) is 5.02 Å². The van der Waals surface area contributed by atoms with Crippen LogP contribution in [0.3, 0.4) is 0 Å². The molecule has 2 aromatic rings. The van der Waals surface area contributed by atoms with E-state index in [1.165, 1.54) is 6.07 Å². The molecule has 0 saturated carbocycles. The number of benzene rings is 2. The lowest BCUT2D eigenvalue weighted by Gasteiger charge is -2.12. The molecule has 0 saturated heterocycles. The maximum absolute atomic E-state index is 13.8. The average molecular weight is 308 g/mol. The number of rotatable bonds is 7. The molecule has 0 aliphatic rings. The van der Waals surface area contributed by atoms with Crippen molar-refractivity contribution in [2.45, 2.75) is 26.5 Å². The molecule has 112 valence electrons. The van der Waals surface area contributed by atoms with E-state index in [9.17, 15) is 4.39 Å². The molecule has 0 atom stereocenters. The first-order valence-electron chi connectivity index (χ1n) is 7.06. The molecule has 0 aliphatic carbocycles. The van der Waals surface area contributed by atoms with Gasteiger partial charge in [-0.15, -0.1) is 0 Å². The number of hydrogen-bond acceptors (Lipinski definition) is 2. The third kappa shape index (κ3) is 4.45. The van der Waals surface area contributed by atoms with E-state index in [4.69, 9.17) is 16.3 Å². The van der Waals surface area contributed by atoms with Crippen LogP contribution in [-0.4, -0.2) is 6.54 Å². The van der Waals surface area contributed by atoms with Crippen LogP contribution >= 0.6 is 11.6 Å². The molecule has 21 heavy (non-hydrogen) atoms. The summed E-state index contributed by atoms with van der Waals surface area (Å²) in [5.74, 6) is 0.348. The van der Waals surface area contributed by atoms with Gasteiger partial charge in [0.1, 0.15) is 18.2 Å². The zero-order valence-electron chi connectivity index (χ0n) is 12.0. The van der Waals surface area contributed by atoms with Crippen LogP contribution in [0, 0.1) is 5.82 Å². The third-order valence-electron chi connectivity index (χ3n) is 3.13. The molecule has 0 amide bonds. The molecular weight excluding hydrogens is 289 g/mol. The van der Waals surface area contributed by atoms with Gasteiger partial charge in [-0.1, -0.05) is 48.9 Å². The minimum atomic E-state index is -0.416. The van der Waals surface area contributed by atoms with E-state index in [1.54, 1.807) is 12.1 Å². The molecule has 0 spiro atoms. The fraction of sp³-hybridized carbons (Fsp3) is 0.294. The highest BCUT2D eigenvalue weighted by Gasteiger charge is 2.08. The lowest BCUT2D eigenvalue weighted by atomic mass is 10.2. The molecule has 4 heteroatoms. The monoisotopic (exact) mass is 307 g/mol. The summed E-state index contributed by atoms with van der Waals surface area (Å²) < 4.78 is 19.6. The Morgan fingerprint density at radius 1 is 1.10 bits per heavy atom. The molecule has 0 fully saturated rings. The highest BCUT2D eigenvalue weighted by molar-refractivity contribution is 6.30. The molecule has 0 unspecified atom stereocenters. The van der Waals surface area contributed by atoms with Crippen molar-refractivity contribution >= 4 is 11.6 Å². The number of nitrogens with one attached hydrogen (secondary N) is 1. The van der Waals surface area contributed by atoms with Crippen molar-refractivity contribution in [3.63, 3.8) is 0 Å². The zero-order chi connectivity index (χ0) is 15.1. The van der Waals surface area contributed by atoms with E-state index in [1.807, 2.05) is 24.3 Å². The van der Waals surface area contributed by atoms with E-state index in [-0.39, 0.29) is 11.6 Å². The highest BCUT2D eigenvalue weighted by Crippen LogP contribution is 2.22. The van der Waals surface area contributed by atoms with Crippen molar-refractivity contribution in [3.05, 3.63) is 64.4 Å². The van der Waals surface area contributed by atoms with Crippen molar-refractivity contribution in [2.75, 3.05) is 6.54 Å². The van der Waals surface area contributed by atoms with Gasteiger partial charge in [-0.3, -0.25) is 0 Å². The molecule has 2 nitrogen and oxygen atoms in total. The minimum Gasteiger partial charge on any atom is -0.488 e. The van der Waals surface area contributed by atoms with Crippen molar-refractivity contribution in [3.8, 4) is 5.75 Å². The van der Waals surface area contributed by atoms with Crippen LogP contribution in [0.1, 0.15) is 24.5 Å². The van der Waals surface area contributed by atoms with Crippen LogP contribution in [-0.2, 0) is 13.2 Å². The van der Waals surface area contributed by atoms with Crippen molar-refractivity contribution in [1.29, 1.82) is 0 Å². The molecule has 0 aromatic heterocycles.